The topological polar surface area (TPSA) is 63.4 Å². The summed E-state index contributed by atoms with van der Waals surface area (Å²) in [7, 11) is -3.88. The molecule has 8 heteroatoms. The van der Waals surface area contributed by atoms with Crippen molar-refractivity contribution in [3.05, 3.63) is 89.6 Å². The zero-order valence-corrected chi connectivity index (χ0v) is 14.5. The Morgan fingerprint density at radius 2 is 1.77 bits per heavy atom. The van der Waals surface area contributed by atoms with Crippen molar-refractivity contribution in [1.29, 1.82) is 0 Å². The Morgan fingerprint density at radius 3 is 2.38 bits per heavy atom. The molecule has 0 aliphatic carbocycles. The highest BCUT2D eigenvalue weighted by Gasteiger charge is 2.25. The number of pyridine rings is 1. The van der Waals surface area contributed by atoms with E-state index in [4.69, 9.17) is 4.42 Å². The van der Waals surface area contributed by atoms with Crippen molar-refractivity contribution in [3.8, 4) is 0 Å². The first-order chi connectivity index (χ1) is 12.4. The van der Waals surface area contributed by atoms with E-state index in [9.17, 15) is 17.2 Å². The van der Waals surface area contributed by atoms with Crippen molar-refractivity contribution in [3.63, 3.8) is 0 Å². The van der Waals surface area contributed by atoms with Gasteiger partial charge in [-0.05, 0) is 42.0 Å². The van der Waals surface area contributed by atoms with E-state index in [-0.39, 0.29) is 18.7 Å². The normalized spacial score (nSPS) is 11.8. The molecule has 3 rings (SSSR count). The predicted octanol–water partition coefficient (Wildman–Crippen LogP) is 3.49. The fourth-order valence-corrected chi connectivity index (χ4v) is 3.92. The molecule has 0 aliphatic heterocycles. The van der Waals surface area contributed by atoms with E-state index >= 15 is 0 Å². The molecule has 0 saturated carbocycles. The lowest BCUT2D eigenvalue weighted by atomic mass is 10.2. The van der Waals surface area contributed by atoms with E-state index in [0.29, 0.717) is 17.5 Å². The van der Waals surface area contributed by atoms with Crippen LogP contribution in [0, 0.1) is 11.6 Å². The zero-order chi connectivity index (χ0) is 18.6. The third kappa shape index (κ3) is 4.74. The van der Waals surface area contributed by atoms with Crippen molar-refractivity contribution in [2.75, 3.05) is 0 Å². The Hall–Kier alpha value is -2.58. The molecule has 0 radical (unpaired) electrons. The molecule has 0 unspecified atom stereocenters. The highest BCUT2D eigenvalue weighted by molar-refractivity contribution is 7.88. The fourth-order valence-electron chi connectivity index (χ4n) is 2.50. The standard InChI is InChI=1S/C18H16F2N2O3S/c19-15-8-14(9-16(20)10-15)13-26(23,24)22(12-18-5-3-7-25-18)11-17-4-1-2-6-21-17/h1-10H,11-13H2. The van der Waals surface area contributed by atoms with Crippen LogP contribution in [0.2, 0.25) is 0 Å². The van der Waals surface area contributed by atoms with Crippen LogP contribution in [0.15, 0.2) is 65.4 Å². The van der Waals surface area contributed by atoms with Gasteiger partial charge in [0.1, 0.15) is 17.4 Å². The molecule has 2 aromatic heterocycles. The second-order valence-corrected chi connectivity index (χ2v) is 7.67. The summed E-state index contributed by atoms with van der Waals surface area (Å²) in [6, 6.07) is 11.2. The number of hydrogen-bond acceptors (Lipinski definition) is 4. The van der Waals surface area contributed by atoms with Gasteiger partial charge in [0.05, 0.1) is 30.8 Å². The van der Waals surface area contributed by atoms with Crippen molar-refractivity contribution < 1.29 is 21.6 Å². The molecule has 1 aromatic carbocycles. The predicted molar refractivity (Wildman–Crippen MR) is 91.2 cm³/mol. The lowest BCUT2D eigenvalue weighted by Crippen LogP contribution is -2.31. The summed E-state index contributed by atoms with van der Waals surface area (Å²) in [5.41, 5.74) is 0.584. The first-order valence-corrected chi connectivity index (χ1v) is 9.38. The van der Waals surface area contributed by atoms with Crippen LogP contribution in [0.5, 0.6) is 0 Å². The van der Waals surface area contributed by atoms with Gasteiger partial charge in [-0.2, -0.15) is 4.31 Å². The van der Waals surface area contributed by atoms with Crippen LogP contribution >= 0.6 is 0 Å². The zero-order valence-electron chi connectivity index (χ0n) is 13.7. The molecule has 0 amide bonds. The molecular formula is C18H16F2N2O3S. The van der Waals surface area contributed by atoms with Crippen LogP contribution in [-0.2, 0) is 28.9 Å². The van der Waals surface area contributed by atoms with Gasteiger partial charge in [-0.25, -0.2) is 17.2 Å². The second-order valence-electron chi connectivity index (χ2n) is 5.70. The number of aromatic nitrogens is 1. The molecule has 0 saturated heterocycles. The number of benzene rings is 1. The number of halogens is 2. The minimum absolute atomic E-state index is 0.0102. The number of nitrogens with zero attached hydrogens (tertiary/aromatic N) is 2. The quantitative estimate of drug-likeness (QED) is 0.631. The molecule has 0 atom stereocenters. The van der Waals surface area contributed by atoms with E-state index in [0.717, 1.165) is 12.1 Å². The summed E-state index contributed by atoms with van der Waals surface area (Å²) < 4.78 is 58.9. The van der Waals surface area contributed by atoms with Gasteiger partial charge in [0.2, 0.25) is 10.0 Å². The van der Waals surface area contributed by atoms with Crippen LogP contribution in [0.4, 0.5) is 8.78 Å². The Labute approximate surface area is 150 Å². The number of hydrogen-bond donors (Lipinski definition) is 0. The maximum atomic E-state index is 13.4. The molecule has 0 fully saturated rings. The highest BCUT2D eigenvalue weighted by Crippen LogP contribution is 2.19. The van der Waals surface area contributed by atoms with Gasteiger partial charge < -0.3 is 4.42 Å². The Morgan fingerprint density at radius 1 is 1.00 bits per heavy atom. The van der Waals surface area contributed by atoms with Gasteiger partial charge in [-0.1, -0.05) is 6.07 Å². The van der Waals surface area contributed by atoms with Gasteiger partial charge in [-0.15, -0.1) is 0 Å². The minimum Gasteiger partial charge on any atom is -0.468 e. The molecule has 0 N–H and O–H groups in total. The molecule has 2 heterocycles. The first kappa shape index (κ1) is 18.2. The molecule has 0 aliphatic rings. The summed E-state index contributed by atoms with van der Waals surface area (Å²) in [6.07, 6.45) is 3.01. The summed E-state index contributed by atoms with van der Waals surface area (Å²) in [6.45, 7) is 0.00533. The maximum absolute atomic E-state index is 13.4. The summed E-state index contributed by atoms with van der Waals surface area (Å²) in [5.74, 6) is -1.72. The molecular weight excluding hydrogens is 362 g/mol. The maximum Gasteiger partial charge on any atom is 0.219 e. The molecule has 5 nitrogen and oxygen atoms in total. The first-order valence-electron chi connectivity index (χ1n) is 7.77. The van der Waals surface area contributed by atoms with Crippen LogP contribution in [0.1, 0.15) is 17.0 Å². The van der Waals surface area contributed by atoms with Gasteiger partial charge in [-0.3, -0.25) is 4.98 Å². The van der Waals surface area contributed by atoms with Crippen LogP contribution in [0.3, 0.4) is 0 Å². The molecule has 136 valence electrons. The van der Waals surface area contributed by atoms with Crippen molar-refractivity contribution in [2.45, 2.75) is 18.8 Å². The average Bonchev–Trinajstić information content (AvgIpc) is 3.07. The smallest absolute Gasteiger partial charge is 0.219 e. The fraction of sp³-hybridized carbons (Fsp3) is 0.167. The summed E-state index contributed by atoms with van der Waals surface area (Å²) in [5, 5.41) is 0. The molecule has 3 aromatic rings. The summed E-state index contributed by atoms with van der Waals surface area (Å²) in [4.78, 5) is 4.14. The largest absolute Gasteiger partial charge is 0.468 e. The van der Waals surface area contributed by atoms with E-state index in [1.54, 1.807) is 36.5 Å². The molecule has 0 bridgehead atoms. The average molecular weight is 378 g/mol. The van der Waals surface area contributed by atoms with E-state index in [1.165, 1.54) is 10.6 Å². The van der Waals surface area contributed by atoms with Crippen molar-refractivity contribution in [2.24, 2.45) is 0 Å². The number of furan rings is 1. The SMILES string of the molecule is O=S(=O)(Cc1cc(F)cc(F)c1)N(Cc1ccccn1)Cc1ccco1. The third-order valence-electron chi connectivity index (χ3n) is 3.64. The number of rotatable bonds is 7. The number of sulfonamides is 1. The third-order valence-corrected chi connectivity index (χ3v) is 5.38. The van der Waals surface area contributed by atoms with Crippen LogP contribution in [0.25, 0.3) is 0 Å². The minimum atomic E-state index is -3.88. The van der Waals surface area contributed by atoms with E-state index < -0.39 is 27.4 Å². The van der Waals surface area contributed by atoms with Crippen LogP contribution in [-0.4, -0.2) is 17.7 Å². The lowest BCUT2D eigenvalue weighted by molar-refractivity contribution is 0.355. The van der Waals surface area contributed by atoms with Gasteiger partial charge in [0, 0.05) is 12.3 Å². The Kier molecular flexibility index (Phi) is 5.43. The second kappa shape index (κ2) is 7.76. The van der Waals surface area contributed by atoms with Gasteiger partial charge in [0.25, 0.3) is 0 Å². The Bertz CT molecular complexity index is 941. The van der Waals surface area contributed by atoms with Crippen molar-refractivity contribution in [1.82, 2.24) is 9.29 Å². The van der Waals surface area contributed by atoms with Gasteiger partial charge in [0.15, 0.2) is 0 Å². The van der Waals surface area contributed by atoms with E-state index in [1.807, 2.05) is 0 Å². The molecule has 0 spiro atoms. The monoisotopic (exact) mass is 378 g/mol. The van der Waals surface area contributed by atoms with E-state index in [2.05, 4.69) is 4.98 Å². The highest BCUT2D eigenvalue weighted by atomic mass is 32.2. The Balaban J connectivity index is 1.88. The molecule has 26 heavy (non-hydrogen) atoms. The lowest BCUT2D eigenvalue weighted by Gasteiger charge is -2.21. The van der Waals surface area contributed by atoms with Crippen LogP contribution < -0.4 is 0 Å². The van der Waals surface area contributed by atoms with Crippen molar-refractivity contribution >= 4 is 10.0 Å². The summed E-state index contributed by atoms with van der Waals surface area (Å²) >= 11 is 0. The van der Waals surface area contributed by atoms with Gasteiger partial charge >= 0.3 is 0 Å².